The van der Waals surface area contributed by atoms with Gasteiger partial charge in [-0.2, -0.15) is 26.3 Å². The van der Waals surface area contributed by atoms with Crippen LogP contribution in [0.1, 0.15) is 40.6 Å². The molecule has 2 aromatic heterocycles. The average Bonchev–Trinajstić information content (AvgIpc) is 2.78. The predicted octanol–water partition coefficient (Wildman–Crippen LogP) is 2.16. The van der Waals surface area contributed by atoms with Gasteiger partial charge in [0.1, 0.15) is 41.9 Å². The number of benzene rings is 1. The van der Waals surface area contributed by atoms with Crippen LogP contribution in [0.3, 0.4) is 0 Å². The molecule has 0 fully saturated rings. The Morgan fingerprint density at radius 3 is 2.16 bits per heavy atom. The number of hydrogen-bond donors (Lipinski definition) is 0. The third kappa shape index (κ3) is 2.88. The van der Waals surface area contributed by atoms with Gasteiger partial charge in [0.05, 0.1) is 16.4 Å². The smallest absolute Gasteiger partial charge is 0.232 e. The van der Waals surface area contributed by atoms with Crippen molar-refractivity contribution in [1.29, 1.82) is 26.3 Å². The minimum Gasteiger partial charge on any atom is -0.232 e. The second-order valence-corrected chi connectivity index (χ2v) is 6.46. The molecule has 31 heavy (non-hydrogen) atoms. The maximum Gasteiger partial charge on any atom is 0.234 e. The fourth-order valence-corrected chi connectivity index (χ4v) is 3.62. The number of fused-ring (bicyclic) bond motifs is 6. The summed E-state index contributed by atoms with van der Waals surface area (Å²) in [6.07, 6.45) is 2.33. The first-order chi connectivity index (χ1) is 15.1. The number of nitriles is 5. The van der Waals surface area contributed by atoms with Crippen LogP contribution in [-0.4, -0.2) is 25.6 Å². The van der Waals surface area contributed by atoms with Gasteiger partial charge in [-0.05, 0) is 31.4 Å². The summed E-state index contributed by atoms with van der Waals surface area (Å²) in [6, 6.07) is 9.74. The fraction of sp³-hybridized carbons (Fsp3) is 0.143. The molecule has 0 saturated heterocycles. The Balaban J connectivity index is 2.40. The average molecular weight is 400 g/mol. The second kappa shape index (κ2) is 7.30. The highest BCUT2D eigenvalue weighted by atomic mass is 14.9. The zero-order valence-corrected chi connectivity index (χ0v) is 16.0. The maximum atomic E-state index is 9.84. The number of rotatable bonds is 0. The number of nitrogens with zero attached hydrogens (tertiary/aromatic N) is 10. The molecule has 1 aromatic carbocycles. The van der Waals surface area contributed by atoms with Crippen LogP contribution in [0.25, 0.3) is 21.8 Å². The van der Waals surface area contributed by atoms with Crippen LogP contribution in [0.2, 0.25) is 0 Å². The fourth-order valence-electron chi connectivity index (χ4n) is 3.62. The van der Waals surface area contributed by atoms with Crippen molar-refractivity contribution in [3.63, 3.8) is 0 Å². The molecule has 0 aliphatic carbocycles. The lowest BCUT2D eigenvalue weighted by molar-refractivity contribution is 0.984. The molecule has 142 valence electrons. The molecule has 0 amide bonds. The largest absolute Gasteiger partial charge is 0.234 e. The maximum absolute atomic E-state index is 9.84. The predicted molar refractivity (Wildman–Crippen MR) is 106 cm³/mol. The van der Waals surface area contributed by atoms with Crippen LogP contribution < -0.4 is 0 Å². The Kier molecular flexibility index (Phi) is 4.50. The van der Waals surface area contributed by atoms with Crippen molar-refractivity contribution in [2.24, 2.45) is 4.99 Å². The van der Waals surface area contributed by atoms with Gasteiger partial charge in [0, 0.05) is 10.9 Å². The zero-order valence-electron chi connectivity index (χ0n) is 16.0. The number of aromatic nitrogens is 4. The Labute approximate surface area is 175 Å². The Morgan fingerprint density at radius 2 is 1.52 bits per heavy atom. The molecule has 10 nitrogen and oxygen atoms in total. The van der Waals surface area contributed by atoms with Gasteiger partial charge in [0.25, 0.3) is 0 Å². The lowest BCUT2D eigenvalue weighted by atomic mass is 9.89. The summed E-state index contributed by atoms with van der Waals surface area (Å²) in [7, 11) is 0. The van der Waals surface area contributed by atoms with E-state index < -0.39 is 0 Å². The van der Waals surface area contributed by atoms with E-state index in [4.69, 9.17) is 0 Å². The molecule has 1 aliphatic heterocycles. The number of allylic oxidation sites excluding steroid dienone is 2. The summed E-state index contributed by atoms with van der Waals surface area (Å²) >= 11 is 0. The van der Waals surface area contributed by atoms with Crippen molar-refractivity contribution in [3.8, 4) is 30.3 Å². The number of aliphatic imine (C=N–C) groups is 1. The SMILES string of the molecule is Cc1nc(C#N)c2c3c(c4nc(C#N)nc(C#N)c4c2n1)C(C#N)=N/C(C#N)=C\CC3. The van der Waals surface area contributed by atoms with Crippen molar-refractivity contribution in [3.05, 3.63) is 45.9 Å². The molecule has 0 saturated carbocycles. The first-order valence-corrected chi connectivity index (χ1v) is 8.90. The third-order valence-electron chi connectivity index (χ3n) is 4.74. The standard InChI is InChI=1S/C21H8N10/c1-10-27-13(6-23)17-12-4-2-3-11(5-22)29-14(7-24)18(12)21-19(20(17)28-10)15(8-25)30-16(9-26)31-21/h3H,2,4H2,1H3/b11-3-,29-14?. The lowest BCUT2D eigenvalue weighted by Gasteiger charge is -2.17. The molecule has 1 aliphatic rings. The van der Waals surface area contributed by atoms with Gasteiger partial charge in [-0.1, -0.05) is 0 Å². The van der Waals surface area contributed by atoms with Gasteiger partial charge in [0.2, 0.25) is 5.82 Å². The summed E-state index contributed by atoms with van der Waals surface area (Å²) in [6.45, 7) is 1.61. The van der Waals surface area contributed by atoms with Gasteiger partial charge >= 0.3 is 0 Å². The lowest BCUT2D eigenvalue weighted by Crippen LogP contribution is -2.12. The Hall–Kier alpha value is -5.24. The minimum absolute atomic E-state index is 0.0613. The first kappa shape index (κ1) is 19.1. The van der Waals surface area contributed by atoms with Gasteiger partial charge in [-0.3, -0.25) is 0 Å². The molecular formula is C21H8N10. The van der Waals surface area contributed by atoms with E-state index in [1.807, 2.05) is 24.3 Å². The molecule has 0 N–H and O–H groups in total. The van der Waals surface area contributed by atoms with Crippen LogP contribution in [0.5, 0.6) is 0 Å². The van der Waals surface area contributed by atoms with Crippen molar-refractivity contribution in [1.82, 2.24) is 19.9 Å². The highest BCUT2D eigenvalue weighted by molar-refractivity contribution is 6.25. The van der Waals surface area contributed by atoms with E-state index in [-0.39, 0.29) is 45.1 Å². The normalized spacial score (nSPS) is 14.3. The van der Waals surface area contributed by atoms with Gasteiger partial charge in [-0.25, -0.2) is 24.9 Å². The van der Waals surface area contributed by atoms with Gasteiger partial charge in [-0.15, -0.1) is 0 Å². The quantitative estimate of drug-likeness (QED) is 0.510. The molecule has 10 heteroatoms. The molecule has 0 unspecified atom stereocenters. The topological polar surface area (TPSA) is 183 Å². The van der Waals surface area contributed by atoms with E-state index >= 15 is 0 Å². The van der Waals surface area contributed by atoms with Gasteiger partial charge in [0.15, 0.2) is 17.1 Å². The van der Waals surface area contributed by atoms with E-state index in [1.54, 1.807) is 13.0 Å². The van der Waals surface area contributed by atoms with Crippen molar-refractivity contribution in [2.45, 2.75) is 19.8 Å². The van der Waals surface area contributed by atoms with Crippen LogP contribution >= 0.6 is 0 Å². The highest BCUT2D eigenvalue weighted by Crippen LogP contribution is 2.36. The van der Waals surface area contributed by atoms with E-state index in [0.29, 0.717) is 35.1 Å². The van der Waals surface area contributed by atoms with Crippen molar-refractivity contribution in [2.75, 3.05) is 0 Å². The molecule has 4 rings (SSSR count). The van der Waals surface area contributed by atoms with E-state index in [1.165, 1.54) is 0 Å². The first-order valence-electron chi connectivity index (χ1n) is 8.90. The molecule has 0 radical (unpaired) electrons. The van der Waals surface area contributed by atoms with E-state index in [9.17, 15) is 26.3 Å². The Bertz CT molecular complexity index is 1590. The third-order valence-corrected chi connectivity index (χ3v) is 4.74. The summed E-state index contributed by atoms with van der Waals surface area (Å²) in [4.78, 5) is 21.1. The number of aryl methyl sites for hydroxylation is 2. The van der Waals surface area contributed by atoms with E-state index in [0.717, 1.165) is 0 Å². The molecule has 0 atom stereocenters. The summed E-state index contributed by atoms with van der Waals surface area (Å²) in [5.74, 6) is 0.0533. The minimum atomic E-state index is -0.257. The summed E-state index contributed by atoms with van der Waals surface area (Å²) in [5, 5.41) is 48.5. The van der Waals surface area contributed by atoms with E-state index in [2.05, 4.69) is 31.0 Å². The molecular weight excluding hydrogens is 392 g/mol. The molecule has 0 spiro atoms. The second-order valence-electron chi connectivity index (χ2n) is 6.46. The number of hydrogen-bond acceptors (Lipinski definition) is 10. The van der Waals surface area contributed by atoms with Crippen molar-refractivity contribution < 1.29 is 0 Å². The molecule has 3 heterocycles. The van der Waals surface area contributed by atoms with Gasteiger partial charge < -0.3 is 0 Å². The monoisotopic (exact) mass is 400 g/mol. The van der Waals surface area contributed by atoms with Crippen molar-refractivity contribution >= 4 is 27.5 Å². The van der Waals surface area contributed by atoms with Crippen LogP contribution in [-0.2, 0) is 6.42 Å². The van der Waals surface area contributed by atoms with Crippen LogP contribution in [0.4, 0.5) is 0 Å². The Morgan fingerprint density at radius 1 is 0.774 bits per heavy atom. The van der Waals surface area contributed by atoms with Crippen LogP contribution in [0, 0.1) is 63.6 Å². The van der Waals surface area contributed by atoms with Crippen LogP contribution in [0.15, 0.2) is 16.8 Å². The molecule has 0 bridgehead atoms. The molecule has 3 aromatic rings. The summed E-state index contributed by atoms with van der Waals surface area (Å²) < 4.78 is 0. The summed E-state index contributed by atoms with van der Waals surface area (Å²) in [5.41, 5.74) is 1.12. The zero-order chi connectivity index (χ0) is 22.1. The highest BCUT2D eigenvalue weighted by Gasteiger charge is 2.27.